The Bertz CT molecular complexity index is 1210. The fourth-order valence-corrected chi connectivity index (χ4v) is 5.91. The molecule has 40 heavy (non-hydrogen) atoms. The molecule has 1 saturated heterocycles. The summed E-state index contributed by atoms with van der Waals surface area (Å²) in [6.45, 7) is 3.75. The predicted molar refractivity (Wildman–Crippen MR) is 153 cm³/mol. The number of aliphatic hydroxyl groups excluding tert-OH is 1. The van der Waals surface area contributed by atoms with Crippen molar-refractivity contribution < 1.29 is 28.2 Å². The number of alkyl halides is 1. The minimum Gasteiger partial charge on any atom is -0.463 e. The lowest BCUT2D eigenvalue weighted by molar-refractivity contribution is -0.139. The zero-order chi connectivity index (χ0) is 29.2. The summed E-state index contributed by atoms with van der Waals surface area (Å²) in [7, 11) is 2.81. The zero-order valence-corrected chi connectivity index (χ0v) is 25.1. The Morgan fingerprint density at radius 2 is 2.17 bits per heavy atom. The van der Waals surface area contributed by atoms with E-state index in [0.717, 1.165) is 13.4 Å². The number of hydrogen-bond acceptors (Lipinski definition) is 10. The van der Waals surface area contributed by atoms with Gasteiger partial charge in [-0.2, -0.15) is 0 Å². The van der Waals surface area contributed by atoms with Crippen LogP contribution in [0.5, 0.6) is 0 Å². The number of carbonyl (C=O) groups excluding carboxylic acids is 2. The Morgan fingerprint density at radius 3 is 2.80 bits per heavy atom. The highest BCUT2D eigenvalue weighted by molar-refractivity contribution is 9.10. The van der Waals surface area contributed by atoms with Crippen molar-refractivity contribution >= 4 is 45.4 Å². The molecular weight excluding hydrogens is 608 g/mol. The van der Waals surface area contributed by atoms with Crippen LogP contribution in [0.3, 0.4) is 0 Å². The number of aromatic nitrogens is 1. The maximum Gasteiger partial charge on any atom is 0.338 e. The Kier molecular flexibility index (Phi) is 12.3. The lowest BCUT2D eigenvalue weighted by Gasteiger charge is -2.37. The zero-order valence-electron chi connectivity index (χ0n) is 22.6. The highest BCUT2D eigenvalue weighted by Crippen LogP contribution is 2.37. The fourth-order valence-electron chi connectivity index (χ4n) is 4.76. The number of thiazole rings is 1. The molecule has 1 fully saturated rings. The summed E-state index contributed by atoms with van der Waals surface area (Å²) in [4.78, 5) is 37.0. The maximum atomic E-state index is 15.2. The summed E-state index contributed by atoms with van der Waals surface area (Å²) >= 11 is 4.82. The molecule has 0 saturated carbocycles. The summed E-state index contributed by atoms with van der Waals surface area (Å²) in [5.74, 6) is -0.660. The van der Waals surface area contributed by atoms with Crippen LogP contribution in [-0.2, 0) is 14.3 Å². The van der Waals surface area contributed by atoms with E-state index in [0.29, 0.717) is 51.7 Å². The molecule has 2 aromatic rings. The number of aldehydes is 1. The molecule has 0 spiro atoms. The summed E-state index contributed by atoms with van der Waals surface area (Å²) in [5.41, 5.74) is 1.44. The van der Waals surface area contributed by atoms with Crippen LogP contribution >= 0.6 is 27.3 Å². The number of carbonyl (C=O) groups is 2. The number of benzene rings is 1. The van der Waals surface area contributed by atoms with E-state index in [2.05, 4.69) is 26.2 Å². The van der Waals surface area contributed by atoms with E-state index < -0.39 is 24.0 Å². The SMILES string of the molecule is CCOC(=O)C1=C(CN2CCC(CN(C)CC=O)C(F)C2)NC(c2nccs2)=N[C@H]1c1ccc(F)cc1Br.CO. The second kappa shape index (κ2) is 15.4. The number of nitrogens with zero attached hydrogens (tertiary/aromatic N) is 4. The van der Waals surface area contributed by atoms with Crippen LogP contribution in [0.1, 0.15) is 30.0 Å². The van der Waals surface area contributed by atoms with Crippen LogP contribution in [-0.4, -0.2) is 97.6 Å². The van der Waals surface area contributed by atoms with Gasteiger partial charge in [0.15, 0.2) is 10.8 Å². The highest BCUT2D eigenvalue weighted by Gasteiger charge is 2.36. The molecule has 1 aromatic carbocycles. The maximum absolute atomic E-state index is 15.2. The van der Waals surface area contributed by atoms with Gasteiger partial charge in [0.05, 0.1) is 18.7 Å². The van der Waals surface area contributed by atoms with Gasteiger partial charge in [0.2, 0.25) is 0 Å². The Morgan fingerprint density at radius 1 is 1.40 bits per heavy atom. The number of ether oxygens (including phenoxy) is 1. The minimum atomic E-state index is -1.08. The van der Waals surface area contributed by atoms with Crippen LogP contribution in [0, 0.1) is 11.7 Å². The summed E-state index contributed by atoms with van der Waals surface area (Å²) in [6.07, 6.45) is 2.02. The largest absolute Gasteiger partial charge is 0.463 e. The van der Waals surface area contributed by atoms with Gasteiger partial charge in [-0.05, 0) is 44.6 Å². The van der Waals surface area contributed by atoms with Crippen LogP contribution < -0.4 is 5.32 Å². The number of likely N-dealkylation sites (tertiary alicyclic amines) is 1. The van der Waals surface area contributed by atoms with Crippen LogP contribution in [0.2, 0.25) is 0 Å². The van der Waals surface area contributed by atoms with Crippen LogP contribution in [0.4, 0.5) is 8.78 Å². The van der Waals surface area contributed by atoms with E-state index in [1.54, 1.807) is 19.2 Å². The third-order valence-electron chi connectivity index (χ3n) is 6.59. The molecule has 0 bridgehead atoms. The van der Waals surface area contributed by atoms with E-state index in [1.807, 2.05) is 22.2 Å². The second-order valence-electron chi connectivity index (χ2n) is 9.31. The van der Waals surface area contributed by atoms with Crippen molar-refractivity contribution in [2.75, 3.05) is 53.5 Å². The molecule has 0 amide bonds. The van der Waals surface area contributed by atoms with Gasteiger partial charge < -0.3 is 20.0 Å². The van der Waals surface area contributed by atoms with Gasteiger partial charge in [-0.25, -0.2) is 18.6 Å². The normalized spacial score (nSPS) is 21.3. The molecule has 4 rings (SSSR count). The van der Waals surface area contributed by atoms with Gasteiger partial charge in [-0.15, -0.1) is 11.3 Å². The van der Waals surface area contributed by atoms with Gasteiger partial charge in [-0.3, -0.25) is 14.8 Å². The van der Waals surface area contributed by atoms with Crippen LogP contribution in [0.25, 0.3) is 0 Å². The molecule has 0 aliphatic carbocycles. The number of rotatable bonds is 10. The van der Waals surface area contributed by atoms with E-state index >= 15 is 4.39 Å². The van der Waals surface area contributed by atoms with Crippen molar-refractivity contribution in [2.45, 2.75) is 25.6 Å². The van der Waals surface area contributed by atoms with Gasteiger partial charge in [-0.1, -0.05) is 22.0 Å². The molecule has 2 aliphatic heterocycles. The average molecular weight is 643 g/mol. The lowest BCUT2D eigenvalue weighted by atomic mass is 9.92. The van der Waals surface area contributed by atoms with Gasteiger partial charge in [0.25, 0.3) is 0 Å². The van der Waals surface area contributed by atoms with Gasteiger partial charge in [0.1, 0.15) is 24.3 Å². The Labute approximate surface area is 245 Å². The molecule has 3 heterocycles. The molecule has 2 aliphatic rings. The first kappa shape index (κ1) is 31.9. The van der Waals surface area contributed by atoms with E-state index in [1.165, 1.54) is 23.5 Å². The number of nitrogens with one attached hydrogen (secondary N) is 1. The average Bonchev–Trinajstić information content (AvgIpc) is 3.47. The van der Waals surface area contributed by atoms with Crippen molar-refractivity contribution in [3.63, 3.8) is 0 Å². The molecule has 3 atom stereocenters. The van der Waals surface area contributed by atoms with Crippen molar-refractivity contribution in [3.8, 4) is 0 Å². The number of amidine groups is 1. The number of aliphatic hydroxyl groups is 1. The monoisotopic (exact) mass is 641 g/mol. The topological polar surface area (TPSA) is 107 Å². The molecule has 218 valence electrons. The van der Waals surface area contributed by atoms with E-state index in [4.69, 9.17) is 14.8 Å². The lowest BCUT2D eigenvalue weighted by Crippen LogP contribution is -2.48. The Balaban J connectivity index is 0.00000216. The quantitative estimate of drug-likeness (QED) is 0.301. The molecule has 0 radical (unpaired) electrons. The molecule has 2 unspecified atom stereocenters. The molecule has 13 heteroatoms. The fraction of sp³-hybridized carbons (Fsp3) is 0.481. The molecule has 2 N–H and O–H groups in total. The number of halogens is 3. The Hall–Kier alpha value is -2.58. The third-order valence-corrected chi connectivity index (χ3v) is 8.05. The van der Waals surface area contributed by atoms with Gasteiger partial charge in [0, 0.05) is 54.4 Å². The van der Waals surface area contributed by atoms with Crippen molar-refractivity contribution in [3.05, 3.63) is 61.9 Å². The van der Waals surface area contributed by atoms with Crippen LogP contribution in [0.15, 0.2) is 50.5 Å². The summed E-state index contributed by atoms with van der Waals surface area (Å²) in [5, 5.41) is 12.7. The summed E-state index contributed by atoms with van der Waals surface area (Å²) in [6, 6.07) is 3.46. The first-order valence-electron chi connectivity index (χ1n) is 12.8. The number of piperidine rings is 1. The van der Waals surface area contributed by atoms with Crippen molar-refractivity contribution in [1.29, 1.82) is 0 Å². The smallest absolute Gasteiger partial charge is 0.338 e. The first-order valence-corrected chi connectivity index (χ1v) is 14.5. The number of hydrogen-bond donors (Lipinski definition) is 2. The number of likely N-dealkylation sites (N-methyl/N-ethyl adjacent to an activating group) is 1. The van der Waals surface area contributed by atoms with E-state index in [-0.39, 0.29) is 32.2 Å². The summed E-state index contributed by atoms with van der Waals surface area (Å²) < 4.78 is 35.0. The van der Waals surface area contributed by atoms with Gasteiger partial charge >= 0.3 is 5.97 Å². The standard InChI is InChI=1S/C26H30BrF2N5O3S.CH4O/c1-3-37-26(36)22-21(15-34-8-6-16(20(29)14-34)13-33(2)9-10-35)31-24(25-30-7-11-38-25)32-23(22)18-5-4-17(28)12-19(18)27;1-2/h4-5,7,10-12,16,20,23H,3,6,8-9,13-15H2,1-2H3,(H,31,32);2H,1H3/t16?,20?,23-;/m0./s1. The van der Waals surface area contributed by atoms with Crippen molar-refractivity contribution in [1.82, 2.24) is 20.1 Å². The van der Waals surface area contributed by atoms with Crippen molar-refractivity contribution in [2.24, 2.45) is 10.9 Å². The predicted octanol–water partition coefficient (Wildman–Crippen LogP) is 3.35. The third kappa shape index (κ3) is 8.00. The number of aliphatic imine (C=N–C) groups is 1. The van der Waals surface area contributed by atoms with E-state index in [9.17, 15) is 14.0 Å². The molecule has 9 nitrogen and oxygen atoms in total. The molecular formula is C27H34BrF2N5O4S. The first-order chi connectivity index (χ1) is 19.3. The minimum absolute atomic E-state index is 0.169. The molecule has 1 aromatic heterocycles. The highest BCUT2D eigenvalue weighted by atomic mass is 79.9. The second-order valence-corrected chi connectivity index (χ2v) is 11.1. The number of esters is 1.